The molecular formula is C9H20FN. The smallest absolute Gasteiger partial charge is 0.0377 e. The summed E-state index contributed by atoms with van der Waals surface area (Å²) in [5.41, 5.74) is 0.222. The number of hydrogen-bond donors (Lipinski definition) is 0. The predicted octanol–water partition coefficient (Wildman–Crippen LogP) is 2.45. The van der Waals surface area contributed by atoms with E-state index in [9.17, 15) is 0 Å². The van der Waals surface area contributed by atoms with Gasteiger partial charge >= 0.3 is 0 Å². The first-order valence-corrected chi connectivity index (χ1v) is 3.94. The minimum absolute atomic E-state index is 0. The molecule has 0 aromatic heterocycles. The summed E-state index contributed by atoms with van der Waals surface area (Å²) in [5.74, 6) is 0. The second-order valence-electron chi connectivity index (χ2n) is 2.91. The van der Waals surface area contributed by atoms with Crippen molar-refractivity contribution in [1.82, 2.24) is 4.90 Å². The minimum Gasteiger partial charge on any atom is -0.300 e. The highest BCUT2D eigenvalue weighted by Gasteiger charge is 2.23. The number of likely N-dealkylation sites (N-methyl/N-ethyl adjacent to an activating group) is 1. The minimum atomic E-state index is 0. The maximum Gasteiger partial charge on any atom is 0.0377 e. The summed E-state index contributed by atoms with van der Waals surface area (Å²) in [6.45, 7) is 8.25. The van der Waals surface area contributed by atoms with Gasteiger partial charge in [-0.1, -0.05) is 19.9 Å². The lowest BCUT2D eigenvalue weighted by Gasteiger charge is -2.35. The molecule has 11 heavy (non-hydrogen) atoms. The molecule has 0 aliphatic heterocycles. The van der Waals surface area contributed by atoms with Crippen molar-refractivity contribution < 1.29 is 4.70 Å². The molecule has 0 spiro atoms. The molecule has 1 nitrogen and oxygen atoms in total. The van der Waals surface area contributed by atoms with Gasteiger partial charge in [-0.15, -0.1) is 6.58 Å². The van der Waals surface area contributed by atoms with E-state index in [1.807, 2.05) is 6.08 Å². The first-order chi connectivity index (χ1) is 4.63. The molecule has 0 aromatic rings. The van der Waals surface area contributed by atoms with Crippen molar-refractivity contribution in [2.75, 3.05) is 14.1 Å². The lowest BCUT2D eigenvalue weighted by atomic mass is 9.92. The maximum absolute atomic E-state index is 3.85. The van der Waals surface area contributed by atoms with Crippen molar-refractivity contribution >= 4 is 0 Å². The fraction of sp³-hybridized carbons (Fsp3) is 0.778. The molecule has 2 heteroatoms. The van der Waals surface area contributed by atoms with Gasteiger partial charge in [-0.3, -0.25) is 4.70 Å². The van der Waals surface area contributed by atoms with Crippen LogP contribution in [-0.2, 0) is 0 Å². The monoisotopic (exact) mass is 161 g/mol. The lowest BCUT2D eigenvalue weighted by Crippen LogP contribution is -2.40. The fourth-order valence-electron chi connectivity index (χ4n) is 1.35. The first-order valence-electron chi connectivity index (χ1n) is 3.94. The van der Waals surface area contributed by atoms with Gasteiger partial charge in [0.05, 0.1) is 0 Å². The van der Waals surface area contributed by atoms with Crippen molar-refractivity contribution in [3.63, 3.8) is 0 Å². The van der Waals surface area contributed by atoms with Gasteiger partial charge < -0.3 is 4.90 Å². The zero-order valence-electron chi connectivity index (χ0n) is 8.05. The average molecular weight is 161 g/mol. The molecule has 0 aliphatic carbocycles. The molecule has 0 atom stereocenters. The number of nitrogens with zero attached hydrogens (tertiary/aromatic N) is 1. The van der Waals surface area contributed by atoms with E-state index in [1.54, 1.807) is 0 Å². The van der Waals surface area contributed by atoms with Crippen LogP contribution in [0.3, 0.4) is 0 Å². The van der Waals surface area contributed by atoms with Crippen molar-refractivity contribution in [3.8, 4) is 0 Å². The second kappa shape index (κ2) is 5.30. The first kappa shape index (κ1) is 13.2. The summed E-state index contributed by atoms with van der Waals surface area (Å²) in [4.78, 5) is 2.24. The van der Waals surface area contributed by atoms with Gasteiger partial charge in [0.1, 0.15) is 0 Å². The topological polar surface area (TPSA) is 3.24 Å². The highest BCUT2D eigenvalue weighted by molar-refractivity contribution is 5.00. The van der Waals surface area contributed by atoms with Gasteiger partial charge in [0.15, 0.2) is 0 Å². The molecule has 0 fully saturated rings. The van der Waals surface area contributed by atoms with Crippen LogP contribution >= 0.6 is 0 Å². The van der Waals surface area contributed by atoms with Crippen LogP contribution in [-0.4, -0.2) is 24.5 Å². The lowest BCUT2D eigenvalue weighted by molar-refractivity contribution is 0.194. The molecule has 0 aromatic carbocycles. The van der Waals surface area contributed by atoms with Gasteiger partial charge in [-0.05, 0) is 26.9 Å². The van der Waals surface area contributed by atoms with E-state index in [1.165, 1.54) is 0 Å². The Morgan fingerprint density at radius 1 is 1.27 bits per heavy atom. The van der Waals surface area contributed by atoms with Crippen LogP contribution in [0.25, 0.3) is 0 Å². The molecule has 0 N–H and O–H groups in total. The SMILES string of the molecule is C=CC(CC)(CC)N(C)C.F. The Morgan fingerprint density at radius 2 is 1.64 bits per heavy atom. The highest BCUT2D eigenvalue weighted by atomic mass is 19.0. The van der Waals surface area contributed by atoms with Gasteiger partial charge in [0.25, 0.3) is 0 Å². The van der Waals surface area contributed by atoms with Crippen LogP contribution < -0.4 is 0 Å². The zero-order valence-corrected chi connectivity index (χ0v) is 8.05. The Kier molecular flexibility index (Phi) is 6.38. The van der Waals surface area contributed by atoms with Gasteiger partial charge in [0, 0.05) is 5.54 Å². The van der Waals surface area contributed by atoms with Crippen molar-refractivity contribution in [1.29, 1.82) is 0 Å². The summed E-state index contributed by atoms with van der Waals surface area (Å²) in [6, 6.07) is 0. The van der Waals surface area contributed by atoms with E-state index in [-0.39, 0.29) is 10.2 Å². The van der Waals surface area contributed by atoms with E-state index in [4.69, 9.17) is 0 Å². The molecule has 0 aliphatic rings. The van der Waals surface area contributed by atoms with Crippen LogP contribution in [0.1, 0.15) is 26.7 Å². The quantitative estimate of drug-likeness (QED) is 0.572. The normalized spacial score (nSPS) is 11.0. The molecule has 0 radical (unpaired) electrons. The number of halogens is 1. The Labute approximate surface area is 69.5 Å². The van der Waals surface area contributed by atoms with E-state index < -0.39 is 0 Å². The number of hydrogen-bond acceptors (Lipinski definition) is 1. The van der Waals surface area contributed by atoms with Gasteiger partial charge in [-0.25, -0.2) is 0 Å². The van der Waals surface area contributed by atoms with Crippen molar-refractivity contribution in [2.24, 2.45) is 0 Å². The van der Waals surface area contributed by atoms with Crippen LogP contribution in [0.15, 0.2) is 12.7 Å². The molecule has 0 amide bonds. The maximum atomic E-state index is 3.85. The second-order valence-corrected chi connectivity index (χ2v) is 2.91. The summed E-state index contributed by atoms with van der Waals surface area (Å²) >= 11 is 0. The van der Waals surface area contributed by atoms with Crippen molar-refractivity contribution in [3.05, 3.63) is 12.7 Å². The van der Waals surface area contributed by atoms with Crippen molar-refractivity contribution in [2.45, 2.75) is 32.2 Å². The summed E-state index contributed by atoms with van der Waals surface area (Å²) in [7, 11) is 4.21. The highest BCUT2D eigenvalue weighted by Crippen LogP contribution is 2.21. The third-order valence-corrected chi connectivity index (χ3v) is 2.50. The van der Waals surface area contributed by atoms with Gasteiger partial charge in [0.2, 0.25) is 0 Å². The zero-order chi connectivity index (χ0) is 8.20. The number of rotatable bonds is 4. The van der Waals surface area contributed by atoms with E-state index in [0.29, 0.717) is 0 Å². The molecular weight excluding hydrogens is 141 g/mol. The molecule has 0 saturated carbocycles. The third-order valence-electron chi connectivity index (χ3n) is 2.50. The fourth-order valence-corrected chi connectivity index (χ4v) is 1.35. The molecule has 0 rings (SSSR count). The average Bonchev–Trinajstić information content (AvgIpc) is 1.92. The van der Waals surface area contributed by atoms with Crippen LogP contribution in [0, 0.1) is 0 Å². The third kappa shape index (κ3) is 2.62. The Hall–Kier alpha value is -0.370. The predicted molar refractivity (Wildman–Crippen MR) is 49.7 cm³/mol. The van der Waals surface area contributed by atoms with E-state index in [2.05, 4.69) is 39.4 Å². The standard InChI is InChI=1S/C9H19N.FH/c1-6-9(7-2,8-3)10(4)5;/h6H,1,7-8H2,2-5H3;1H. The molecule has 0 saturated heterocycles. The summed E-state index contributed by atoms with van der Waals surface area (Å²) < 4.78 is 0. The van der Waals surface area contributed by atoms with Crippen LogP contribution in [0.5, 0.6) is 0 Å². The largest absolute Gasteiger partial charge is 0.300 e. The molecule has 0 bridgehead atoms. The molecule has 0 unspecified atom stereocenters. The molecule has 0 heterocycles. The Bertz CT molecular complexity index is 106. The Morgan fingerprint density at radius 3 is 1.64 bits per heavy atom. The van der Waals surface area contributed by atoms with E-state index in [0.717, 1.165) is 12.8 Å². The Balaban J connectivity index is 0. The summed E-state index contributed by atoms with van der Waals surface area (Å²) in [5, 5.41) is 0. The summed E-state index contributed by atoms with van der Waals surface area (Å²) in [6.07, 6.45) is 4.33. The van der Waals surface area contributed by atoms with Crippen LogP contribution in [0.4, 0.5) is 4.70 Å². The van der Waals surface area contributed by atoms with Crippen LogP contribution in [0.2, 0.25) is 0 Å². The van der Waals surface area contributed by atoms with E-state index >= 15 is 0 Å². The molecule has 68 valence electrons. The van der Waals surface area contributed by atoms with Gasteiger partial charge in [-0.2, -0.15) is 0 Å².